The van der Waals surface area contributed by atoms with E-state index in [1.807, 2.05) is 11.1 Å². The second kappa shape index (κ2) is 6.10. The lowest BCUT2D eigenvalue weighted by Gasteiger charge is -2.47. The van der Waals surface area contributed by atoms with Gasteiger partial charge in [0, 0.05) is 0 Å². The number of hydrogen-bond acceptors (Lipinski definition) is 1. The molecule has 0 saturated heterocycles. The molecule has 0 aliphatic heterocycles. The van der Waals surface area contributed by atoms with Crippen LogP contribution in [0.15, 0.2) is 22.8 Å². The lowest BCUT2D eigenvalue weighted by molar-refractivity contribution is 0.118. The first kappa shape index (κ1) is 15.6. The maximum absolute atomic E-state index is 8.56. The molecule has 4 aliphatic carbocycles. The molecule has 122 valence electrons. The average Bonchev–Trinajstić information content (AvgIpc) is 2.88. The third-order valence-corrected chi connectivity index (χ3v) is 6.58. The van der Waals surface area contributed by atoms with Gasteiger partial charge in [0.25, 0.3) is 0 Å². The Bertz CT molecular complexity index is 513. The highest BCUT2D eigenvalue weighted by Crippen LogP contribution is 2.59. The molecule has 0 heterocycles. The zero-order chi connectivity index (χ0) is 15.7. The summed E-state index contributed by atoms with van der Waals surface area (Å²) in [5.41, 5.74) is 6.24. The van der Waals surface area contributed by atoms with E-state index >= 15 is 0 Å². The predicted octanol–water partition coefficient (Wildman–Crippen LogP) is 5.63. The second-order valence-corrected chi connectivity index (χ2v) is 7.71. The summed E-state index contributed by atoms with van der Waals surface area (Å²) in [4.78, 5) is 8.56. The summed E-state index contributed by atoms with van der Waals surface area (Å²) < 4.78 is 0. The second-order valence-electron chi connectivity index (χ2n) is 7.71. The summed E-state index contributed by atoms with van der Waals surface area (Å²) in [5, 5.41) is 13.9. The molecule has 4 rings (SSSR count). The standard InChI is InChI=1S/C18H26.CH2O3/c1-18-11-4-7-17(18)16-9-8-13-5-2-3-6-14(13)15(16)10-12-18;2-1(3)4/h5,16-17H,2-4,6-12H2,1H3;(H2,2,3,4)/t16-,17+,18+;/m1./s1. The molecular weight excluding hydrogens is 276 g/mol. The Morgan fingerprint density at radius 2 is 1.91 bits per heavy atom. The van der Waals surface area contributed by atoms with E-state index in [0.29, 0.717) is 5.41 Å². The van der Waals surface area contributed by atoms with E-state index in [4.69, 9.17) is 15.0 Å². The zero-order valence-electron chi connectivity index (χ0n) is 13.6. The normalized spacial score (nSPS) is 36.3. The molecule has 4 aliphatic rings. The van der Waals surface area contributed by atoms with Gasteiger partial charge in [0.15, 0.2) is 0 Å². The highest BCUT2D eigenvalue weighted by Gasteiger charge is 2.48. The summed E-state index contributed by atoms with van der Waals surface area (Å²) in [5.74, 6) is 2.02. The van der Waals surface area contributed by atoms with Crippen molar-refractivity contribution in [2.45, 2.75) is 71.1 Å². The zero-order valence-corrected chi connectivity index (χ0v) is 13.6. The van der Waals surface area contributed by atoms with E-state index in [1.54, 1.807) is 5.57 Å². The van der Waals surface area contributed by atoms with Crippen LogP contribution in [-0.2, 0) is 0 Å². The van der Waals surface area contributed by atoms with E-state index in [-0.39, 0.29) is 0 Å². The van der Waals surface area contributed by atoms with Gasteiger partial charge in [-0.3, -0.25) is 0 Å². The number of fused-ring (bicyclic) bond motifs is 4. The Hall–Kier alpha value is -1.25. The van der Waals surface area contributed by atoms with Gasteiger partial charge in [-0.05, 0) is 86.2 Å². The van der Waals surface area contributed by atoms with Gasteiger partial charge < -0.3 is 10.2 Å². The van der Waals surface area contributed by atoms with Crippen molar-refractivity contribution in [2.24, 2.45) is 17.3 Å². The largest absolute Gasteiger partial charge is 0.503 e. The first-order valence-corrected chi connectivity index (χ1v) is 8.84. The Morgan fingerprint density at radius 3 is 2.68 bits per heavy atom. The molecule has 0 aromatic rings. The molecule has 3 heteroatoms. The molecule has 0 aromatic carbocycles. The maximum Gasteiger partial charge on any atom is 0.503 e. The Kier molecular flexibility index (Phi) is 4.33. The van der Waals surface area contributed by atoms with E-state index in [0.717, 1.165) is 11.8 Å². The summed E-state index contributed by atoms with van der Waals surface area (Å²) >= 11 is 0. The van der Waals surface area contributed by atoms with Gasteiger partial charge in [0.2, 0.25) is 0 Å². The smallest absolute Gasteiger partial charge is 0.450 e. The number of allylic oxidation sites excluding steroid dienone is 4. The highest BCUT2D eigenvalue weighted by molar-refractivity contribution is 5.53. The molecule has 2 N–H and O–H groups in total. The summed E-state index contributed by atoms with van der Waals surface area (Å²) in [6.07, 6.45) is 15.2. The summed E-state index contributed by atoms with van der Waals surface area (Å²) in [6, 6.07) is 0. The molecule has 22 heavy (non-hydrogen) atoms. The van der Waals surface area contributed by atoms with Crippen molar-refractivity contribution < 1.29 is 15.0 Å². The number of rotatable bonds is 0. The van der Waals surface area contributed by atoms with Crippen LogP contribution in [0.2, 0.25) is 0 Å². The molecular formula is C19H28O3. The van der Waals surface area contributed by atoms with Gasteiger partial charge in [-0.25, -0.2) is 4.79 Å². The van der Waals surface area contributed by atoms with Crippen LogP contribution in [0.4, 0.5) is 4.79 Å². The third-order valence-electron chi connectivity index (χ3n) is 6.58. The topological polar surface area (TPSA) is 57.5 Å². The van der Waals surface area contributed by atoms with Gasteiger partial charge in [-0.2, -0.15) is 0 Å². The molecule has 0 radical (unpaired) electrons. The summed E-state index contributed by atoms with van der Waals surface area (Å²) in [6.45, 7) is 2.60. The van der Waals surface area contributed by atoms with Crippen molar-refractivity contribution in [1.82, 2.24) is 0 Å². The van der Waals surface area contributed by atoms with Gasteiger partial charge in [0.1, 0.15) is 0 Å². The SMILES string of the molecule is C[C@@]12CCC[C@H]1[C@@H]1CCC3=CCCCC3=C1CC2.O=C(O)O. The van der Waals surface area contributed by atoms with Crippen LogP contribution < -0.4 is 0 Å². The van der Waals surface area contributed by atoms with Crippen molar-refractivity contribution in [3.05, 3.63) is 22.8 Å². The lowest BCUT2D eigenvalue weighted by Crippen LogP contribution is -2.36. The van der Waals surface area contributed by atoms with Crippen molar-refractivity contribution in [2.75, 3.05) is 0 Å². The quantitative estimate of drug-likeness (QED) is 0.610. The Labute approximate surface area is 133 Å². The van der Waals surface area contributed by atoms with Crippen LogP contribution in [-0.4, -0.2) is 16.4 Å². The van der Waals surface area contributed by atoms with Gasteiger partial charge >= 0.3 is 6.16 Å². The molecule has 0 spiro atoms. The lowest BCUT2D eigenvalue weighted by atomic mass is 9.58. The van der Waals surface area contributed by atoms with Gasteiger partial charge in [-0.15, -0.1) is 0 Å². The molecule has 3 atom stereocenters. The molecule has 0 unspecified atom stereocenters. The molecule has 3 nitrogen and oxygen atoms in total. The fourth-order valence-corrected chi connectivity index (χ4v) is 5.63. The summed E-state index contributed by atoms with van der Waals surface area (Å²) in [7, 11) is 0. The maximum atomic E-state index is 8.56. The minimum absolute atomic E-state index is 0.713. The number of hydrogen-bond donors (Lipinski definition) is 2. The number of carboxylic acid groups (broad SMARTS) is 2. The van der Waals surface area contributed by atoms with Crippen molar-refractivity contribution in [1.29, 1.82) is 0 Å². The van der Waals surface area contributed by atoms with E-state index in [1.165, 1.54) is 64.2 Å². The molecule has 2 fully saturated rings. The van der Waals surface area contributed by atoms with E-state index in [2.05, 4.69) is 13.0 Å². The minimum Gasteiger partial charge on any atom is -0.450 e. The van der Waals surface area contributed by atoms with Crippen LogP contribution in [0, 0.1) is 17.3 Å². The van der Waals surface area contributed by atoms with Crippen LogP contribution in [0.25, 0.3) is 0 Å². The van der Waals surface area contributed by atoms with E-state index in [9.17, 15) is 0 Å². The van der Waals surface area contributed by atoms with Crippen molar-refractivity contribution in [3.63, 3.8) is 0 Å². The molecule has 0 bridgehead atoms. The minimum atomic E-state index is -1.83. The Balaban J connectivity index is 0.000000325. The molecule has 0 amide bonds. The van der Waals surface area contributed by atoms with Crippen LogP contribution >= 0.6 is 0 Å². The molecule has 0 aromatic heterocycles. The van der Waals surface area contributed by atoms with Crippen molar-refractivity contribution in [3.8, 4) is 0 Å². The van der Waals surface area contributed by atoms with Crippen LogP contribution in [0.3, 0.4) is 0 Å². The van der Waals surface area contributed by atoms with Crippen molar-refractivity contribution >= 4 is 6.16 Å². The predicted molar refractivity (Wildman–Crippen MR) is 87.0 cm³/mol. The van der Waals surface area contributed by atoms with Crippen LogP contribution in [0.5, 0.6) is 0 Å². The Morgan fingerprint density at radius 1 is 1.14 bits per heavy atom. The fraction of sp³-hybridized carbons (Fsp3) is 0.737. The van der Waals surface area contributed by atoms with E-state index < -0.39 is 6.16 Å². The highest BCUT2D eigenvalue weighted by atomic mass is 16.6. The first-order valence-electron chi connectivity index (χ1n) is 8.84. The van der Waals surface area contributed by atoms with Crippen LogP contribution in [0.1, 0.15) is 71.1 Å². The first-order chi connectivity index (χ1) is 10.5. The monoisotopic (exact) mass is 304 g/mol. The van der Waals surface area contributed by atoms with Gasteiger partial charge in [0.05, 0.1) is 0 Å². The fourth-order valence-electron chi connectivity index (χ4n) is 5.63. The average molecular weight is 304 g/mol. The number of carbonyl (C=O) groups is 1. The molecule has 2 saturated carbocycles. The van der Waals surface area contributed by atoms with Gasteiger partial charge in [-0.1, -0.05) is 25.0 Å². The third kappa shape index (κ3) is 2.82.